The number of hydrogen-bond donors (Lipinski definition) is 0. The predicted octanol–water partition coefficient (Wildman–Crippen LogP) is 2.92. The molecule has 2 atom stereocenters. The van der Waals surface area contributed by atoms with Crippen LogP contribution in [0.3, 0.4) is 0 Å². The first kappa shape index (κ1) is 19.8. The van der Waals surface area contributed by atoms with E-state index in [-0.39, 0.29) is 19.0 Å². The first-order valence-corrected chi connectivity index (χ1v) is 9.22. The Balaban J connectivity index is 2.06. The van der Waals surface area contributed by atoms with E-state index < -0.39 is 29.6 Å². The van der Waals surface area contributed by atoms with Crippen molar-refractivity contribution in [2.24, 2.45) is 0 Å². The predicted molar refractivity (Wildman–Crippen MR) is 101 cm³/mol. The van der Waals surface area contributed by atoms with Crippen molar-refractivity contribution in [2.75, 3.05) is 13.2 Å². The Hall–Kier alpha value is -2.99. The van der Waals surface area contributed by atoms with Crippen LogP contribution >= 0.6 is 0 Å². The van der Waals surface area contributed by atoms with Gasteiger partial charge in [-0.15, -0.1) is 0 Å². The number of benzene rings is 2. The van der Waals surface area contributed by atoms with Crippen LogP contribution < -0.4 is 0 Å². The zero-order valence-electron chi connectivity index (χ0n) is 15.8. The van der Waals surface area contributed by atoms with E-state index in [0.717, 1.165) is 0 Å². The van der Waals surface area contributed by atoms with E-state index in [1.165, 1.54) is 0 Å². The minimum atomic E-state index is -2.00. The van der Waals surface area contributed by atoms with Crippen molar-refractivity contribution >= 4 is 17.7 Å². The molecular formula is C22H22O6. The second-order valence-electron chi connectivity index (χ2n) is 6.33. The Bertz CT molecular complexity index is 828. The summed E-state index contributed by atoms with van der Waals surface area (Å²) in [6.45, 7) is 3.42. The molecule has 1 aliphatic heterocycles. The Morgan fingerprint density at radius 2 is 1.36 bits per heavy atom. The quantitative estimate of drug-likeness (QED) is 0.416. The van der Waals surface area contributed by atoms with Gasteiger partial charge in [0, 0.05) is 5.56 Å². The Kier molecular flexibility index (Phi) is 5.90. The van der Waals surface area contributed by atoms with Gasteiger partial charge in [0.15, 0.2) is 5.78 Å². The molecule has 1 fully saturated rings. The van der Waals surface area contributed by atoms with Gasteiger partial charge in [0.05, 0.1) is 19.1 Å². The third-order valence-electron chi connectivity index (χ3n) is 4.69. The van der Waals surface area contributed by atoms with E-state index in [9.17, 15) is 14.4 Å². The van der Waals surface area contributed by atoms with Crippen LogP contribution in [0.1, 0.15) is 35.7 Å². The van der Waals surface area contributed by atoms with Crippen molar-refractivity contribution in [3.63, 3.8) is 0 Å². The lowest BCUT2D eigenvalue weighted by molar-refractivity contribution is -0.236. The van der Waals surface area contributed by atoms with Crippen LogP contribution in [-0.4, -0.2) is 42.6 Å². The summed E-state index contributed by atoms with van der Waals surface area (Å²) < 4.78 is 16.0. The van der Waals surface area contributed by atoms with Gasteiger partial charge in [-0.05, 0) is 19.4 Å². The molecule has 0 radical (unpaired) electrons. The first-order chi connectivity index (χ1) is 13.6. The second kappa shape index (κ2) is 8.35. The summed E-state index contributed by atoms with van der Waals surface area (Å²) in [5.74, 6) is -2.85. The maximum atomic E-state index is 13.0. The van der Waals surface area contributed by atoms with Crippen LogP contribution in [0.25, 0.3) is 0 Å². The zero-order valence-corrected chi connectivity index (χ0v) is 15.8. The average molecular weight is 382 g/mol. The number of carbonyl (C=O) groups excluding carboxylic acids is 3. The van der Waals surface area contributed by atoms with Gasteiger partial charge in [0.2, 0.25) is 0 Å². The van der Waals surface area contributed by atoms with E-state index in [1.54, 1.807) is 68.4 Å². The fraction of sp³-hybridized carbons (Fsp3) is 0.318. The summed E-state index contributed by atoms with van der Waals surface area (Å²) in [5, 5.41) is 0. The molecule has 2 aromatic rings. The molecule has 0 aliphatic carbocycles. The maximum Gasteiger partial charge on any atom is 0.351 e. The number of hydrogen-bond acceptors (Lipinski definition) is 6. The second-order valence-corrected chi connectivity index (χ2v) is 6.33. The van der Waals surface area contributed by atoms with E-state index in [0.29, 0.717) is 11.1 Å². The summed E-state index contributed by atoms with van der Waals surface area (Å²) in [6.07, 6.45) is -1.00. The molecule has 0 bridgehead atoms. The lowest BCUT2D eigenvalue weighted by Crippen LogP contribution is -2.70. The zero-order chi connectivity index (χ0) is 20.1. The molecule has 0 amide bonds. The van der Waals surface area contributed by atoms with Crippen LogP contribution in [0, 0.1) is 0 Å². The van der Waals surface area contributed by atoms with Crippen molar-refractivity contribution in [1.82, 2.24) is 0 Å². The van der Waals surface area contributed by atoms with Crippen LogP contribution in [0.5, 0.6) is 0 Å². The summed E-state index contributed by atoms with van der Waals surface area (Å²) in [7, 11) is 0. The highest BCUT2D eigenvalue weighted by Gasteiger charge is 2.70. The largest absolute Gasteiger partial charge is 0.463 e. The molecule has 3 rings (SSSR count). The average Bonchev–Trinajstić information content (AvgIpc) is 2.69. The van der Waals surface area contributed by atoms with E-state index in [4.69, 9.17) is 14.2 Å². The van der Waals surface area contributed by atoms with Crippen molar-refractivity contribution in [1.29, 1.82) is 0 Å². The summed E-state index contributed by atoms with van der Waals surface area (Å²) in [5.41, 5.74) is -0.929. The Morgan fingerprint density at radius 1 is 0.857 bits per heavy atom. The van der Waals surface area contributed by atoms with Gasteiger partial charge in [0.1, 0.15) is 6.10 Å². The first-order valence-electron chi connectivity index (χ1n) is 9.22. The highest BCUT2D eigenvalue weighted by atomic mass is 16.6. The lowest BCUT2D eigenvalue weighted by atomic mass is 9.70. The van der Waals surface area contributed by atoms with Crippen molar-refractivity contribution in [2.45, 2.75) is 31.5 Å². The highest BCUT2D eigenvalue weighted by molar-refractivity contribution is 6.10. The maximum absolute atomic E-state index is 13.0. The van der Waals surface area contributed by atoms with Crippen molar-refractivity contribution < 1.29 is 28.6 Å². The number of ketones is 1. The van der Waals surface area contributed by atoms with Gasteiger partial charge in [-0.3, -0.25) is 4.79 Å². The smallest absolute Gasteiger partial charge is 0.351 e. The van der Waals surface area contributed by atoms with Crippen LogP contribution in [-0.2, 0) is 23.8 Å². The summed E-state index contributed by atoms with van der Waals surface area (Å²) in [6, 6.07) is 17.5. The SMILES string of the molecule is CCOC(=O)C1(C(=O)OCC)O[C@H](C(=O)c2ccccc2)[C@H]1c1ccccc1. The Morgan fingerprint density at radius 3 is 1.86 bits per heavy atom. The molecule has 6 heteroatoms. The fourth-order valence-electron chi connectivity index (χ4n) is 3.43. The van der Waals surface area contributed by atoms with Crippen LogP contribution in [0.2, 0.25) is 0 Å². The standard InChI is InChI=1S/C22H22O6/c1-3-26-20(24)22(21(25)27-4-2)17(15-11-7-5-8-12-15)19(28-22)18(23)16-13-9-6-10-14-16/h5-14,17,19H,3-4H2,1-2H3/t17-,19+/m1/s1. The molecular weight excluding hydrogens is 360 g/mol. The van der Waals surface area contributed by atoms with Gasteiger partial charge in [0.25, 0.3) is 5.60 Å². The van der Waals surface area contributed by atoms with Crippen molar-refractivity contribution in [3.05, 3.63) is 71.8 Å². The fourth-order valence-corrected chi connectivity index (χ4v) is 3.43. The molecule has 0 unspecified atom stereocenters. The minimum Gasteiger partial charge on any atom is -0.463 e. The van der Waals surface area contributed by atoms with Gasteiger partial charge in [-0.2, -0.15) is 0 Å². The molecule has 6 nitrogen and oxygen atoms in total. The molecule has 28 heavy (non-hydrogen) atoms. The normalized spacial score (nSPS) is 19.9. The molecule has 0 N–H and O–H groups in total. The van der Waals surface area contributed by atoms with E-state index in [2.05, 4.69) is 0 Å². The third-order valence-corrected chi connectivity index (χ3v) is 4.69. The molecule has 0 saturated carbocycles. The Labute approximate surface area is 163 Å². The van der Waals surface area contributed by atoms with Gasteiger partial charge >= 0.3 is 11.9 Å². The number of Topliss-reactive ketones (excluding diaryl/α,β-unsaturated/α-hetero) is 1. The number of rotatable bonds is 7. The molecule has 1 saturated heterocycles. The summed E-state index contributed by atoms with van der Waals surface area (Å²) >= 11 is 0. The molecule has 146 valence electrons. The number of carbonyl (C=O) groups is 3. The molecule has 1 heterocycles. The highest BCUT2D eigenvalue weighted by Crippen LogP contribution is 2.49. The minimum absolute atomic E-state index is 0.0716. The number of ether oxygens (including phenoxy) is 3. The monoisotopic (exact) mass is 382 g/mol. The van der Waals surface area contributed by atoms with Crippen LogP contribution in [0.15, 0.2) is 60.7 Å². The molecule has 1 aliphatic rings. The van der Waals surface area contributed by atoms with E-state index in [1.807, 2.05) is 6.07 Å². The van der Waals surface area contributed by atoms with Crippen LogP contribution in [0.4, 0.5) is 0 Å². The molecule has 0 spiro atoms. The van der Waals surface area contributed by atoms with Gasteiger partial charge in [-0.25, -0.2) is 9.59 Å². The topological polar surface area (TPSA) is 78.9 Å². The summed E-state index contributed by atoms with van der Waals surface area (Å²) in [4.78, 5) is 38.6. The van der Waals surface area contributed by atoms with E-state index >= 15 is 0 Å². The third kappa shape index (κ3) is 3.31. The molecule has 0 aromatic heterocycles. The van der Waals surface area contributed by atoms with Crippen molar-refractivity contribution in [3.8, 4) is 0 Å². The molecule has 2 aromatic carbocycles. The number of esters is 2. The lowest BCUT2D eigenvalue weighted by Gasteiger charge is -2.49. The van der Waals surface area contributed by atoms with Gasteiger partial charge < -0.3 is 14.2 Å². The van der Waals surface area contributed by atoms with Gasteiger partial charge in [-0.1, -0.05) is 60.7 Å².